The topological polar surface area (TPSA) is 129 Å². The van der Waals surface area contributed by atoms with E-state index in [4.69, 9.17) is 21.2 Å². The standard InChI is InChI=1S/C31H32ClF3N6O5S/c1-30(2,3)46-29(44)41-15-20(13-24(41)26(42)39-45-5)40(4)28-37-27(43)25(47-28)21(16-7-9-23-18(10-16)14-36-38-23)11-17-6-8-19(32)12-22(17)31(33,34)35/h6-10,12,14,20,24H,11,13,15H2,1-5H3,(H,36,38)(H,39,42). The molecule has 2 aliphatic heterocycles. The number of nitrogens with one attached hydrogen (secondary N) is 2. The number of likely N-dealkylation sites (tertiary alicyclic amines) is 1. The molecular weight excluding hydrogens is 661 g/mol. The number of H-pyrrole nitrogens is 1. The van der Waals surface area contributed by atoms with Crippen molar-refractivity contribution >= 4 is 62.9 Å². The molecule has 0 aliphatic carbocycles. The average molecular weight is 693 g/mol. The second-order valence-corrected chi connectivity index (χ2v) is 13.5. The number of hydrogen-bond donors (Lipinski definition) is 2. The Morgan fingerprint density at radius 2 is 1.94 bits per heavy atom. The van der Waals surface area contributed by atoms with Gasteiger partial charge in [-0.2, -0.15) is 23.3 Å². The van der Waals surface area contributed by atoms with Crippen molar-refractivity contribution in [3.63, 3.8) is 0 Å². The van der Waals surface area contributed by atoms with E-state index in [-0.39, 0.29) is 40.0 Å². The lowest BCUT2D eigenvalue weighted by atomic mass is 9.93. The Balaban J connectivity index is 1.49. The molecule has 2 atom stereocenters. The summed E-state index contributed by atoms with van der Waals surface area (Å²) in [6.07, 6.45) is -3.88. The molecule has 250 valence electrons. The third-order valence-electron chi connectivity index (χ3n) is 7.65. The van der Waals surface area contributed by atoms with Crippen LogP contribution in [0.3, 0.4) is 0 Å². The monoisotopic (exact) mass is 692 g/mol. The lowest BCUT2D eigenvalue weighted by Gasteiger charge is -2.28. The minimum absolute atomic E-state index is 0.0665. The van der Waals surface area contributed by atoms with Crippen LogP contribution in [0.15, 0.2) is 52.5 Å². The normalized spacial score (nSPS) is 19.6. The SMILES string of the molecule is CONC(=O)C1CC(N(C)C2=NC(=O)C(=C(Cc3ccc(Cl)cc3C(F)(F)F)c3ccc4[nH]ncc4c3)S2)CN1C(=O)OC(C)(C)C. The molecule has 47 heavy (non-hydrogen) atoms. The number of aromatic nitrogens is 2. The number of amidine groups is 1. The Bertz CT molecular complexity index is 1790. The molecule has 11 nitrogen and oxygen atoms in total. The van der Waals surface area contributed by atoms with Crippen molar-refractivity contribution in [1.29, 1.82) is 0 Å². The predicted molar refractivity (Wildman–Crippen MR) is 171 cm³/mol. The van der Waals surface area contributed by atoms with Gasteiger partial charge in [0.25, 0.3) is 11.8 Å². The zero-order valence-electron chi connectivity index (χ0n) is 26.1. The van der Waals surface area contributed by atoms with Crippen molar-refractivity contribution in [1.82, 2.24) is 25.5 Å². The molecule has 2 aromatic carbocycles. The number of alkyl halides is 3. The highest BCUT2D eigenvalue weighted by molar-refractivity contribution is 8.18. The summed E-state index contributed by atoms with van der Waals surface area (Å²) >= 11 is 6.95. The van der Waals surface area contributed by atoms with Crippen molar-refractivity contribution in [3.05, 3.63) is 69.2 Å². The van der Waals surface area contributed by atoms with Gasteiger partial charge in [0, 0.05) is 24.0 Å². The summed E-state index contributed by atoms with van der Waals surface area (Å²) < 4.78 is 47.8. The van der Waals surface area contributed by atoms with Crippen molar-refractivity contribution < 1.29 is 37.1 Å². The molecule has 3 aromatic rings. The minimum atomic E-state index is -4.69. The molecule has 1 aromatic heterocycles. The van der Waals surface area contributed by atoms with Crippen LogP contribution in [0.1, 0.15) is 43.9 Å². The highest BCUT2D eigenvalue weighted by Gasteiger charge is 2.45. The van der Waals surface area contributed by atoms with E-state index >= 15 is 0 Å². The van der Waals surface area contributed by atoms with E-state index in [2.05, 4.69) is 20.7 Å². The Labute approximate surface area is 277 Å². The number of benzene rings is 2. The Hall–Kier alpha value is -4.08. The second-order valence-electron chi connectivity index (χ2n) is 12.1. The van der Waals surface area contributed by atoms with Crippen LogP contribution in [0.4, 0.5) is 18.0 Å². The molecule has 0 radical (unpaired) electrons. The number of fused-ring (bicyclic) bond motifs is 1. The van der Waals surface area contributed by atoms with Crippen molar-refractivity contribution in [2.24, 2.45) is 4.99 Å². The number of rotatable bonds is 6. The zero-order chi connectivity index (χ0) is 34.3. The quantitative estimate of drug-likeness (QED) is 0.245. The van der Waals surface area contributed by atoms with E-state index < -0.39 is 47.3 Å². The fourth-order valence-electron chi connectivity index (χ4n) is 5.43. The van der Waals surface area contributed by atoms with Gasteiger partial charge < -0.3 is 9.64 Å². The number of hydroxylamine groups is 1. The zero-order valence-corrected chi connectivity index (χ0v) is 27.6. The number of allylic oxidation sites excluding steroid dienone is 1. The maximum Gasteiger partial charge on any atom is 0.416 e. The fraction of sp³-hybridized carbons (Fsp3) is 0.387. The molecular formula is C31H32ClF3N6O5S. The lowest BCUT2D eigenvalue weighted by Crippen LogP contribution is -2.47. The van der Waals surface area contributed by atoms with Crippen molar-refractivity contribution in [2.75, 3.05) is 20.7 Å². The molecule has 0 saturated carbocycles. The molecule has 2 unspecified atom stereocenters. The van der Waals surface area contributed by atoms with Crippen LogP contribution in [0.5, 0.6) is 0 Å². The molecule has 0 bridgehead atoms. The van der Waals surface area contributed by atoms with Crippen LogP contribution in [-0.4, -0.2) is 81.5 Å². The lowest BCUT2D eigenvalue weighted by molar-refractivity contribution is -0.138. The summed E-state index contributed by atoms with van der Waals surface area (Å²) in [7, 11) is 2.95. The van der Waals surface area contributed by atoms with E-state index in [1.165, 1.54) is 24.1 Å². The maximum atomic E-state index is 14.1. The van der Waals surface area contributed by atoms with Gasteiger partial charge >= 0.3 is 12.3 Å². The number of carbonyl (C=O) groups is 3. The largest absolute Gasteiger partial charge is 0.444 e. The van der Waals surface area contributed by atoms with Gasteiger partial charge in [0.05, 0.1) is 35.3 Å². The average Bonchev–Trinajstić information content (AvgIpc) is 3.73. The van der Waals surface area contributed by atoms with Crippen LogP contribution in [-0.2, 0) is 31.8 Å². The molecule has 1 saturated heterocycles. The molecule has 0 spiro atoms. The number of nitrogens with zero attached hydrogens (tertiary/aromatic N) is 4. The van der Waals surface area contributed by atoms with Crippen molar-refractivity contribution in [2.45, 2.75) is 57.5 Å². The number of halogens is 4. The van der Waals surface area contributed by atoms with E-state index in [1.807, 2.05) is 0 Å². The van der Waals surface area contributed by atoms with Crippen LogP contribution in [0.25, 0.3) is 16.5 Å². The molecule has 3 heterocycles. The number of ether oxygens (including phenoxy) is 1. The third kappa shape index (κ3) is 7.57. The number of thioether (sulfide) groups is 1. The first-order valence-corrected chi connectivity index (χ1v) is 15.6. The van der Waals surface area contributed by atoms with Crippen LogP contribution < -0.4 is 5.48 Å². The highest BCUT2D eigenvalue weighted by Crippen LogP contribution is 2.41. The summed E-state index contributed by atoms with van der Waals surface area (Å²) in [5.74, 6) is -1.18. The number of likely N-dealkylation sites (N-methyl/N-ethyl adjacent to an activating group) is 1. The van der Waals surface area contributed by atoms with Gasteiger partial charge in [-0.1, -0.05) is 23.7 Å². The number of carbonyl (C=O) groups excluding carboxylic acids is 3. The fourth-order valence-corrected chi connectivity index (χ4v) is 6.65. The Morgan fingerprint density at radius 1 is 1.19 bits per heavy atom. The number of aliphatic imine (C=N–C) groups is 1. The highest BCUT2D eigenvalue weighted by atomic mass is 35.5. The van der Waals surface area contributed by atoms with Gasteiger partial charge in [0.2, 0.25) is 0 Å². The van der Waals surface area contributed by atoms with Gasteiger partial charge in [-0.25, -0.2) is 10.3 Å². The summed E-state index contributed by atoms with van der Waals surface area (Å²) in [6.45, 7) is 5.20. The first kappa shape index (κ1) is 34.3. The molecule has 2 N–H and O–H groups in total. The van der Waals surface area contributed by atoms with E-state index in [0.29, 0.717) is 22.0 Å². The van der Waals surface area contributed by atoms with Gasteiger partial charge in [-0.05, 0) is 86.3 Å². The van der Waals surface area contributed by atoms with Gasteiger partial charge in [0.15, 0.2) is 5.17 Å². The smallest absolute Gasteiger partial charge is 0.416 e. The third-order valence-corrected chi connectivity index (χ3v) is 9.08. The van der Waals surface area contributed by atoms with Crippen LogP contribution in [0.2, 0.25) is 5.02 Å². The second kappa shape index (κ2) is 13.2. The first-order valence-electron chi connectivity index (χ1n) is 14.4. The molecule has 2 aliphatic rings. The Morgan fingerprint density at radius 3 is 2.62 bits per heavy atom. The molecule has 16 heteroatoms. The summed E-state index contributed by atoms with van der Waals surface area (Å²) in [5, 5.41) is 7.77. The number of amides is 3. The number of hydrogen-bond acceptors (Lipinski definition) is 8. The van der Waals surface area contributed by atoms with E-state index in [0.717, 1.165) is 17.8 Å². The minimum Gasteiger partial charge on any atom is -0.444 e. The summed E-state index contributed by atoms with van der Waals surface area (Å²) in [5.41, 5.74) is 2.05. The van der Waals surface area contributed by atoms with E-state index in [9.17, 15) is 27.6 Å². The first-order chi connectivity index (χ1) is 22.1. The molecule has 1 fully saturated rings. The van der Waals surface area contributed by atoms with Crippen molar-refractivity contribution in [3.8, 4) is 0 Å². The summed E-state index contributed by atoms with van der Waals surface area (Å²) in [4.78, 5) is 51.6. The van der Waals surface area contributed by atoms with Crippen LogP contribution in [0, 0.1) is 0 Å². The molecule has 5 rings (SSSR count). The molecule has 3 amide bonds. The maximum absolute atomic E-state index is 14.1. The number of aromatic amines is 1. The van der Waals surface area contributed by atoms with Crippen LogP contribution >= 0.6 is 23.4 Å². The predicted octanol–water partition coefficient (Wildman–Crippen LogP) is 5.81. The Kier molecular flexibility index (Phi) is 9.62. The van der Waals surface area contributed by atoms with Gasteiger partial charge in [-0.3, -0.25) is 24.4 Å². The van der Waals surface area contributed by atoms with Gasteiger partial charge in [0.1, 0.15) is 11.6 Å². The summed E-state index contributed by atoms with van der Waals surface area (Å²) in [6, 6.07) is 7.33. The van der Waals surface area contributed by atoms with Gasteiger partial charge in [-0.15, -0.1) is 0 Å². The van der Waals surface area contributed by atoms with E-state index in [1.54, 1.807) is 57.1 Å².